The Bertz CT molecular complexity index is 1120. The standard InChI is InChI=1S/C23H23BrN2O4S/c1-17(19-8-5-9-20(24)14-19)26-23(27)16-30-21-10-12-22(13-11-21)31(28,29)25-15-18-6-3-2-4-7-18/h2-14,17,25H,15-16H2,1H3,(H,26,27)/t17-/m0/s1. The molecule has 0 saturated heterocycles. The van der Waals surface area contributed by atoms with Gasteiger partial charge >= 0.3 is 0 Å². The molecule has 0 fully saturated rings. The minimum atomic E-state index is -3.65. The Balaban J connectivity index is 1.51. The van der Waals surface area contributed by atoms with Crippen molar-refractivity contribution in [1.82, 2.24) is 10.0 Å². The second-order valence-electron chi connectivity index (χ2n) is 6.91. The number of carbonyl (C=O) groups excluding carboxylic acids is 1. The van der Waals surface area contributed by atoms with E-state index in [4.69, 9.17) is 4.74 Å². The van der Waals surface area contributed by atoms with Crippen LogP contribution in [0.2, 0.25) is 0 Å². The van der Waals surface area contributed by atoms with Crippen LogP contribution in [0.15, 0.2) is 88.2 Å². The van der Waals surface area contributed by atoms with E-state index in [0.29, 0.717) is 5.75 Å². The molecule has 3 aromatic carbocycles. The van der Waals surface area contributed by atoms with Crippen LogP contribution >= 0.6 is 15.9 Å². The molecule has 0 heterocycles. The average molecular weight is 503 g/mol. The zero-order chi connectivity index (χ0) is 22.3. The molecule has 0 spiro atoms. The minimum absolute atomic E-state index is 0.128. The van der Waals surface area contributed by atoms with Gasteiger partial charge in [-0.25, -0.2) is 13.1 Å². The molecular weight excluding hydrogens is 480 g/mol. The van der Waals surface area contributed by atoms with Gasteiger partial charge in [0.1, 0.15) is 5.75 Å². The normalized spacial score (nSPS) is 12.2. The highest BCUT2D eigenvalue weighted by atomic mass is 79.9. The van der Waals surface area contributed by atoms with Gasteiger partial charge in [-0.05, 0) is 54.4 Å². The van der Waals surface area contributed by atoms with E-state index in [0.717, 1.165) is 15.6 Å². The van der Waals surface area contributed by atoms with Gasteiger partial charge in [0.2, 0.25) is 10.0 Å². The van der Waals surface area contributed by atoms with E-state index in [9.17, 15) is 13.2 Å². The van der Waals surface area contributed by atoms with E-state index in [1.54, 1.807) is 0 Å². The summed E-state index contributed by atoms with van der Waals surface area (Å²) < 4.78 is 33.9. The number of carbonyl (C=O) groups is 1. The first-order chi connectivity index (χ1) is 14.8. The number of rotatable bonds is 9. The van der Waals surface area contributed by atoms with Crippen molar-refractivity contribution in [3.05, 3.63) is 94.5 Å². The van der Waals surface area contributed by atoms with E-state index in [1.807, 2.05) is 61.5 Å². The Labute approximate surface area is 190 Å². The predicted octanol–water partition coefficient (Wildman–Crippen LogP) is 4.18. The summed E-state index contributed by atoms with van der Waals surface area (Å²) in [5, 5.41) is 2.87. The van der Waals surface area contributed by atoms with Gasteiger partial charge in [-0.15, -0.1) is 0 Å². The highest BCUT2D eigenvalue weighted by Gasteiger charge is 2.14. The third-order valence-electron chi connectivity index (χ3n) is 4.54. The predicted molar refractivity (Wildman–Crippen MR) is 123 cm³/mol. The third-order valence-corrected chi connectivity index (χ3v) is 6.45. The number of benzene rings is 3. The molecule has 0 aliphatic rings. The maximum Gasteiger partial charge on any atom is 0.258 e. The van der Waals surface area contributed by atoms with Crippen molar-refractivity contribution in [3.63, 3.8) is 0 Å². The lowest BCUT2D eigenvalue weighted by atomic mass is 10.1. The lowest BCUT2D eigenvalue weighted by Gasteiger charge is -2.15. The smallest absolute Gasteiger partial charge is 0.258 e. The molecule has 1 amide bonds. The van der Waals surface area contributed by atoms with Crippen LogP contribution in [0.5, 0.6) is 5.75 Å². The van der Waals surface area contributed by atoms with Crippen molar-refractivity contribution in [1.29, 1.82) is 0 Å². The molecule has 0 bridgehead atoms. The van der Waals surface area contributed by atoms with Crippen molar-refractivity contribution >= 4 is 31.9 Å². The van der Waals surface area contributed by atoms with Crippen LogP contribution in [0.3, 0.4) is 0 Å². The minimum Gasteiger partial charge on any atom is -0.484 e. The SMILES string of the molecule is C[C@H](NC(=O)COc1ccc(S(=O)(=O)NCc2ccccc2)cc1)c1cccc(Br)c1. The topological polar surface area (TPSA) is 84.5 Å². The summed E-state index contributed by atoms with van der Waals surface area (Å²) in [4.78, 5) is 12.3. The Morgan fingerprint density at radius 3 is 2.39 bits per heavy atom. The van der Waals surface area contributed by atoms with E-state index < -0.39 is 10.0 Å². The van der Waals surface area contributed by atoms with Gasteiger partial charge in [0.15, 0.2) is 6.61 Å². The monoisotopic (exact) mass is 502 g/mol. The van der Waals surface area contributed by atoms with Crippen LogP contribution in [0.4, 0.5) is 0 Å². The molecule has 0 saturated carbocycles. The largest absolute Gasteiger partial charge is 0.484 e. The molecule has 0 unspecified atom stereocenters. The van der Waals surface area contributed by atoms with Gasteiger partial charge < -0.3 is 10.1 Å². The van der Waals surface area contributed by atoms with Crippen LogP contribution in [-0.4, -0.2) is 20.9 Å². The summed E-state index contributed by atoms with van der Waals surface area (Å²) in [5.74, 6) is 0.140. The van der Waals surface area contributed by atoms with Crippen LogP contribution in [0.1, 0.15) is 24.1 Å². The van der Waals surface area contributed by atoms with Gasteiger partial charge in [-0.2, -0.15) is 0 Å². The quantitative estimate of drug-likeness (QED) is 0.459. The summed E-state index contributed by atoms with van der Waals surface area (Å²) in [6.07, 6.45) is 0. The number of nitrogens with one attached hydrogen (secondary N) is 2. The Morgan fingerprint density at radius 2 is 1.71 bits per heavy atom. The lowest BCUT2D eigenvalue weighted by molar-refractivity contribution is -0.123. The first-order valence-electron chi connectivity index (χ1n) is 9.65. The van der Waals surface area contributed by atoms with E-state index in [1.165, 1.54) is 24.3 Å². The fraction of sp³-hybridized carbons (Fsp3) is 0.174. The van der Waals surface area contributed by atoms with Crippen LogP contribution < -0.4 is 14.8 Å². The van der Waals surface area contributed by atoms with Crippen molar-refractivity contribution in [2.45, 2.75) is 24.4 Å². The number of sulfonamides is 1. The van der Waals surface area contributed by atoms with E-state index >= 15 is 0 Å². The Hall–Kier alpha value is -2.68. The van der Waals surface area contributed by atoms with Crippen molar-refractivity contribution in [3.8, 4) is 5.75 Å². The molecule has 31 heavy (non-hydrogen) atoms. The maximum atomic E-state index is 12.4. The van der Waals surface area contributed by atoms with Gasteiger partial charge in [0, 0.05) is 11.0 Å². The molecule has 3 rings (SSSR count). The first kappa shape index (κ1) is 23.0. The second-order valence-corrected chi connectivity index (χ2v) is 9.60. The maximum absolute atomic E-state index is 12.4. The van der Waals surface area contributed by atoms with Gasteiger partial charge in [-0.3, -0.25) is 4.79 Å². The number of ether oxygens (including phenoxy) is 1. The van der Waals surface area contributed by atoms with Crippen LogP contribution in [0, 0.1) is 0 Å². The summed E-state index contributed by atoms with van der Waals surface area (Å²) in [7, 11) is -3.65. The number of hydrogen-bond donors (Lipinski definition) is 2. The number of amides is 1. The summed E-state index contributed by atoms with van der Waals surface area (Å²) in [6, 6.07) is 22.8. The second kappa shape index (κ2) is 10.6. The highest BCUT2D eigenvalue weighted by Crippen LogP contribution is 2.19. The van der Waals surface area contributed by atoms with Crippen molar-refractivity contribution in [2.24, 2.45) is 0 Å². The van der Waals surface area contributed by atoms with Crippen LogP contribution in [-0.2, 0) is 21.4 Å². The van der Waals surface area contributed by atoms with Crippen molar-refractivity contribution in [2.75, 3.05) is 6.61 Å². The third kappa shape index (κ3) is 6.92. The summed E-state index contributed by atoms with van der Waals surface area (Å²) in [5.41, 5.74) is 1.84. The van der Waals surface area contributed by atoms with Gasteiger partial charge in [0.05, 0.1) is 10.9 Å². The Kier molecular flexibility index (Phi) is 7.84. The lowest BCUT2D eigenvalue weighted by Crippen LogP contribution is -2.31. The average Bonchev–Trinajstić information content (AvgIpc) is 2.77. The molecule has 0 aliphatic heterocycles. The first-order valence-corrected chi connectivity index (χ1v) is 11.9. The van der Waals surface area contributed by atoms with Gasteiger partial charge in [-0.1, -0.05) is 58.4 Å². The fourth-order valence-corrected chi connectivity index (χ4v) is 4.30. The molecule has 162 valence electrons. The molecular formula is C23H23BrN2O4S. The summed E-state index contributed by atoms with van der Waals surface area (Å²) in [6.45, 7) is 1.93. The molecule has 3 aromatic rings. The molecule has 0 radical (unpaired) electrons. The molecule has 2 N–H and O–H groups in total. The summed E-state index contributed by atoms with van der Waals surface area (Å²) >= 11 is 3.41. The molecule has 8 heteroatoms. The zero-order valence-electron chi connectivity index (χ0n) is 16.9. The Morgan fingerprint density at radius 1 is 1.00 bits per heavy atom. The fourth-order valence-electron chi connectivity index (χ4n) is 2.86. The van der Waals surface area contributed by atoms with E-state index in [-0.39, 0.29) is 30.0 Å². The molecule has 1 atom stereocenters. The number of hydrogen-bond acceptors (Lipinski definition) is 4. The van der Waals surface area contributed by atoms with E-state index in [2.05, 4.69) is 26.0 Å². The van der Waals surface area contributed by atoms with Gasteiger partial charge in [0.25, 0.3) is 5.91 Å². The van der Waals surface area contributed by atoms with Crippen LogP contribution in [0.25, 0.3) is 0 Å². The zero-order valence-corrected chi connectivity index (χ0v) is 19.3. The number of halogens is 1. The van der Waals surface area contributed by atoms with Crippen molar-refractivity contribution < 1.29 is 17.9 Å². The molecule has 0 aromatic heterocycles. The molecule has 0 aliphatic carbocycles. The molecule has 6 nitrogen and oxygen atoms in total. The highest BCUT2D eigenvalue weighted by molar-refractivity contribution is 9.10.